The SMILES string of the molecule is CC(C)(C)N=C(NN)c1ccnnc1. The average Bonchev–Trinajstić information content (AvgIpc) is 2.14. The van der Waals surface area contributed by atoms with Gasteiger partial charge in [-0.05, 0) is 26.8 Å². The molecule has 76 valence electrons. The highest BCUT2D eigenvalue weighted by Crippen LogP contribution is 2.08. The van der Waals surface area contributed by atoms with Crippen molar-refractivity contribution in [2.75, 3.05) is 0 Å². The lowest BCUT2D eigenvalue weighted by atomic mass is 10.1. The van der Waals surface area contributed by atoms with Crippen molar-refractivity contribution < 1.29 is 0 Å². The lowest BCUT2D eigenvalue weighted by molar-refractivity contribution is 0.580. The summed E-state index contributed by atoms with van der Waals surface area (Å²) in [4.78, 5) is 4.41. The van der Waals surface area contributed by atoms with Gasteiger partial charge in [0.2, 0.25) is 0 Å². The predicted octanol–water partition coefficient (Wildman–Crippen LogP) is 0.485. The standard InChI is InChI=1S/C9H15N5/c1-9(2,3)13-8(14-10)7-4-5-11-12-6-7/h4-6H,10H2,1-3H3,(H,13,14). The Morgan fingerprint density at radius 3 is 2.57 bits per heavy atom. The highest BCUT2D eigenvalue weighted by atomic mass is 15.3. The van der Waals surface area contributed by atoms with Crippen LogP contribution in [0.3, 0.4) is 0 Å². The maximum Gasteiger partial charge on any atom is 0.144 e. The Balaban J connectivity index is 3.00. The van der Waals surface area contributed by atoms with Gasteiger partial charge in [-0.15, -0.1) is 0 Å². The molecule has 5 nitrogen and oxygen atoms in total. The summed E-state index contributed by atoms with van der Waals surface area (Å²) in [6, 6.07) is 1.80. The third-order valence-corrected chi connectivity index (χ3v) is 1.44. The Morgan fingerprint density at radius 2 is 2.14 bits per heavy atom. The second-order valence-corrected chi connectivity index (χ2v) is 3.91. The highest BCUT2D eigenvalue weighted by Gasteiger charge is 2.10. The van der Waals surface area contributed by atoms with Gasteiger partial charge in [0.05, 0.1) is 17.9 Å². The van der Waals surface area contributed by atoms with Gasteiger partial charge in [0.15, 0.2) is 0 Å². The normalized spacial score (nSPS) is 12.7. The second-order valence-electron chi connectivity index (χ2n) is 3.91. The Kier molecular flexibility index (Phi) is 3.14. The van der Waals surface area contributed by atoms with Crippen LogP contribution in [0.25, 0.3) is 0 Å². The van der Waals surface area contributed by atoms with E-state index in [4.69, 9.17) is 5.84 Å². The fraction of sp³-hybridized carbons (Fsp3) is 0.444. The quantitative estimate of drug-likeness (QED) is 0.294. The van der Waals surface area contributed by atoms with Gasteiger partial charge in [-0.2, -0.15) is 10.2 Å². The van der Waals surface area contributed by atoms with Crippen LogP contribution in [0.2, 0.25) is 0 Å². The Hall–Kier alpha value is -1.49. The Morgan fingerprint density at radius 1 is 1.43 bits per heavy atom. The molecule has 5 heteroatoms. The monoisotopic (exact) mass is 193 g/mol. The number of amidine groups is 1. The average molecular weight is 193 g/mol. The van der Waals surface area contributed by atoms with E-state index in [1.165, 1.54) is 0 Å². The van der Waals surface area contributed by atoms with E-state index in [-0.39, 0.29) is 5.54 Å². The molecule has 1 rings (SSSR count). The van der Waals surface area contributed by atoms with Gasteiger partial charge in [-0.3, -0.25) is 4.99 Å². The minimum absolute atomic E-state index is 0.176. The molecule has 0 saturated heterocycles. The molecule has 14 heavy (non-hydrogen) atoms. The lowest BCUT2D eigenvalue weighted by Crippen LogP contribution is -2.33. The third-order valence-electron chi connectivity index (χ3n) is 1.44. The van der Waals surface area contributed by atoms with E-state index >= 15 is 0 Å². The third kappa shape index (κ3) is 3.10. The first-order chi connectivity index (χ1) is 6.53. The molecule has 0 atom stereocenters. The van der Waals surface area contributed by atoms with Crippen LogP contribution in [0, 0.1) is 0 Å². The number of hydrogen-bond acceptors (Lipinski definition) is 4. The molecule has 0 spiro atoms. The summed E-state index contributed by atoms with van der Waals surface area (Å²) in [5, 5.41) is 7.44. The number of aromatic nitrogens is 2. The number of nitrogens with zero attached hydrogens (tertiary/aromatic N) is 3. The largest absolute Gasteiger partial charge is 0.308 e. The molecule has 0 saturated carbocycles. The van der Waals surface area contributed by atoms with Crippen molar-refractivity contribution in [1.82, 2.24) is 15.6 Å². The van der Waals surface area contributed by atoms with Crippen molar-refractivity contribution in [2.45, 2.75) is 26.3 Å². The number of nitrogens with two attached hydrogens (primary N) is 1. The Labute approximate surface area is 83.4 Å². The van der Waals surface area contributed by atoms with Crippen molar-refractivity contribution >= 4 is 5.84 Å². The zero-order valence-electron chi connectivity index (χ0n) is 8.65. The van der Waals surface area contributed by atoms with E-state index in [9.17, 15) is 0 Å². The van der Waals surface area contributed by atoms with Gasteiger partial charge in [0, 0.05) is 5.56 Å². The van der Waals surface area contributed by atoms with Crippen LogP contribution in [0.1, 0.15) is 26.3 Å². The number of hydrogen-bond donors (Lipinski definition) is 2. The minimum atomic E-state index is -0.176. The maximum atomic E-state index is 5.38. The van der Waals surface area contributed by atoms with Gasteiger partial charge < -0.3 is 5.43 Å². The smallest absolute Gasteiger partial charge is 0.144 e. The van der Waals surface area contributed by atoms with Crippen LogP contribution >= 0.6 is 0 Å². The van der Waals surface area contributed by atoms with E-state index in [2.05, 4.69) is 20.6 Å². The molecule has 0 bridgehead atoms. The van der Waals surface area contributed by atoms with Crippen molar-refractivity contribution in [3.8, 4) is 0 Å². The van der Waals surface area contributed by atoms with Crippen molar-refractivity contribution in [3.05, 3.63) is 24.0 Å². The lowest BCUT2D eigenvalue weighted by Gasteiger charge is -2.15. The van der Waals surface area contributed by atoms with Crippen LogP contribution in [-0.2, 0) is 0 Å². The van der Waals surface area contributed by atoms with Crippen LogP contribution in [-0.4, -0.2) is 21.6 Å². The van der Waals surface area contributed by atoms with E-state index < -0.39 is 0 Å². The number of rotatable bonds is 1. The van der Waals surface area contributed by atoms with Gasteiger partial charge in [-0.1, -0.05) is 0 Å². The molecule has 0 aromatic carbocycles. The topological polar surface area (TPSA) is 76.2 Å². The molecular weight excluding hydrogens is 178 g/mol. The van der Waals surface area contributed by atoms with Gasteiger partial charge in [-0.25, -0.2) is 5.84 Å². The zero-order chi connectivity index (χ0) is 10.6. The zero-order valence-corrected chi connectivity index (χ0v) is 8.65. The molecule has 1 aromatic heterocycles. The molecule has 1 aromatic rings. The molecule has 0 amide bonds. The fourth-order valence-electron chi connectivity index (χ4n) is 0.946. The van der Waals surface area contributed by atoms with Crippen LogP contribution in [0.5, 0.6) is 0 Å². The summed E-state index contributed by atoms with van der Waals surface area (Å²) in [6.45, 7) is 6.00. The van der Waals surface area contributed by atoms with Crippen LogP contribution in [0.15, 0.2) is 23.5 Å². The maximum absolute atomic E-state index is 5.38. The molecule has 0 aliphatic heterocycles. The Bertz CT molecular complexity index is 312. The fourth-order valence-corrected chi connectivity index (χ4v) is 0.946. The second kappa shape index (κ2) is 4.15. The number of aliphatic imine (C=N–C) groups is 1. The molecule has 3 N–H and O–H groups in total. The van der Waals surface area contributed by atoms with Gasteiger partial charge in [0.25, 0.3) is 0 Å². The summed E-state index contributed by atoms with van der Waals surface area (Å²) in [5.74, 6) is 6.00. The van der Waals surface area contributed by atoms with Gasteiger partial charge in [0.1, 0.15) is 5.84 Å². The predicted molar refractivity (Wildman–Crippen MR) is 55.6 cm³/mol. The highest BCUT2D eigenvalue weighted by molar-refractivity contribution is 5.98. The molecule has 0 fully saturated rings. The molecule has 0 aliphatic rings. The van der Waals surface area contributed by atoms with Crippen LogP contribution in [0.4, 0.5) is 0 Å². The summed E-state index contributed by atoms with van der Waals surface area (Å²) in [5.41, 5.74) is 3.21. The first kappa shape index (κ1) is 10.6. The first-order valence-corrected chi connectivity index (χ1v) is 4.36. The molecule has 0 aliphatic carbocycles. The minimum Gasteiger partial charge on any atom is -0.308 e. The van der Waals surface area contributed by atoms with Crippen molar-refractivity contribution in [2.24, 2.45) is 10.8 Å². The van der Waals surface area contributed by atoms with E-state index in [1.807, 2.05) is 20.8 Å². The summed E-state index contributed by atoms with van der Waals surface area (Å²) in [6.07, 6.45) is 3.22. The number of nitrogens with one attached hydrogen (secondary N) is 1. The van der Waals surface area contributed by atoms with E-state index in [0.29, 0.717) is 5.84 Å². The van der Waals surface area contributed by atoms with E-state index in [0.717, 1.165) is 5.56 Å². The van der Waals surface area contributed by atoms with E-state index in [1.54, 1.807) is 18.5 Å². The first-order valence-electron chi connectivity index (χ1n) is 4.36. The number of hydrazine groups is 1. The van der Waals surface area contributed by atoms with Crippen molar-refractivity contribution in [1.29, 1.82) is 0 Å². The summed E-state index contributed by atoms with van der Waals surface area (Å²) in [7, 11) is 0. The molecule has 0 unspecified atom stereocenters. The molecular formula is C9H15N5. The van der Waals surface area contributed by atoms with Crippen LogP contribution < -0.4 is 11.3 Å². The molecule has 0 radical (unpaired) electrons. The summed E-state index contributed by atoms with van der Waals surface area (Å²) >= 11 is 0. The summed E-state index contributed by atoms with van der Waals surface area (Å²) < 4.78 is 0. The van der Waals surface area contributed by atoms with Crippen molar-refractivity contribution in [3.63, 3.8) is 0 Å². The van der Waals surface area contributed by atoms with Gasteiger partial charge >= 0.3 is 0 Å². The molecule has 1 heterocycles.